The lowest BCUT2D eigenvalue weighted by Crippen LogP contribution is -2.56. The third-order valence-electron chi connectivity index (χ3n) is 4.03. The van der Waals surface area contributed by atoms with Gasteiger partial charge in [0.2, 0.25) is 0 Å². The molecule has 3 heteroatoms. The van der Waals surface area contributed by atoms with Crippen molar-refractivity contribution in [3.63, 3.8) is 0 Å². The lowest BCUT2D eigenvalue weighted by Gasteiger charge is -2.41. The van der Waals surface area contributed by atoms with Crippen molar-refractivity contribution in [2.45, 2.75) is 38.1 Å². The summed E-state index contributed by atoms with van der Waals surface area (Å²) in [6.45, 7) is 7.04. The van der Waals surface area contributed by atoms with Crippen LogP contribution in [-0.2, 0) is 0 Å². The van der Waals surface area contributed by atoms with Gasteiger partial charge in [-0.25, -0.2) is 0 Å². The minimum Gasteiger partial charge on any atom is -0.394 e. The fourth-order valence-electron chi connectivity index (χ4n) is 2.37. The molecule has 0 atom stereocenters. The number of aliphatic hydroxyl groups excluding tert-OH is 1. The summed E-state index contributed by atoms with van der Waals surface area (Å²) in [6, 6.07) is 0. The van der Waals surface area contributed by atoms with Gasteiger partial charge in [0.05, 0.1) is 6.61 Å². The van der Waals surface area contributed by atoms with E-state index in [1.54, 1.807) is 0 Å². The van der Waals surface area contributed by atoms with Crippen LogP contribution in [-0.4, -0.2) is 48.3 Å². The van der Waals surface area contributed by atoms with Gasteiger partial charge in [0.1, 0.15) is 0 Å². The van der Waals surface area contributed by atoms with Crippen LogP contribution in [0.25, 0.3) is 0 Å². The van der Waals surface area contributed by atoms with E-state index in [-0.39, 0.29) is 5.54 Å². The molecule has 0 radical (unpaired) electrons. The van der Waals surface area contributed by atoms with Gasteiger partial charge in [-0.15, -0.1) is 0 Å². The molecule has 1 heterocycles. The van der Waals surface area contributed by atoms with E-state index in [0.717, 1.165) is 44.9 Å². The number of hydrogen-bond acceptors (Lipinski definition) is 3. The van der Waals surface area contributed by atoms with Crippen molar-refractivity contribution in [2.24, 2.45) is 5.92 Å². The van der Waals surface area contributed by atoms with E-state index >= 15 is 0 Å². The maximum absolute atomic E-state index is 9.55. The first-order chi connectivity index (χ1) is 7.28. The summed E-state index contributed by atoms with van der Waals surface area (Å²) in [5.41, 5.74) is 0.0360. The van der Waals surface area contributed by atoms with E-state index < -0.39 is 0 Å². The maximum atomic E-state index is 9.55. The molecule has 0 aromatic rings. The Hall–Kier alpha value is -0.120. The molecule has 88 valence electrons. The van der Waals surface area contributed by atoms with Crippen LogP contribution in [0.5, 0.6) is 0 Å². The highest BCUT2D eigenvalue weighted by molar-refractivity contribution is 4.94. The van der Waals surface area contributed by atoms with Gasteiger partial charge in [0, 0.05) is 5.54 Å². The van der Waals surface area contributed by atoms with E-state index in [2.05, 4.69) is 17.1 Å². The number of aliphatic hydroxyl groups is 1. The predicted molar refractivity (Wildman–Crippen MR) is 61.9 cm³/mol. The number of rotatable bonds is 5. The fourth-order valence-corrected chi connectivity index (χ4v) is 2.37. The number of likely N-dealkylation sites (tertiary alicyclic amines) is 1. The molecule has 0 bridgehead atoms. The van der Waals surface area contributed by atoms with Crippen molar-refractivity contribution in [1.82, 2.24) is 10.2 Å². The molecule has 1 saturated heterocycles. The molecular weight excluding hydrogens is 188 g/mol. The molecule has 0 amide bonds. The zero-order valence-corrected chi connectivity index (χ0v) is 9.84. The molecule has 1 saturated carbocycles. The number of hydrogen-bond donors (Lipinski definition) is 2. The van der Waals surface area contributed by atoms with Crippen LogP contribution in [0.15, 0.2) is 0 Å². The standard InChI is InChI=1S/C12H24N2O/c1-2-14-7-5-12(10-15,6-8-14)13-9-11-3-4-11/h11,13,15H,2-10H2,1H3. The van der Waals surface area contributed by atoms with Crippen LogP contribution in [0.3, 0.4) is 0 Å². The van der Waals surface area contributed by atoms with Crippen LogP contribution in [0.1, 0.15) is 32.6 Å². The first kappa shape index (κ1) is 11.4. The second-order valence-electron chi connectivity index (χ2n) is 5.20. The molecule has 2 rings (SSSR count). The average Bonchev–Trinajstić information content (AvgIpc) is 3.11. The summed E-state index contributed by atoms with van der Waals surface area (Å²) < 4.78 is 0. The second-order valence-corrected chi connectivity index (χ2v) is 5.20. The molecule has 0 unspecified atom stereocenters. The van der Waals surface area contributed by atoms with E-state index in [1.165, 1.54) is 12.8 Å². The molecule has 1 aliphatic carbocycles. The maximum Gasteiger partial charge on any atom is 0.0614 e. The van der Waals surface area contributed by atoms with Gasteiger partial charge in [-0.1, -0.05) is 6.92 Å². The highest BCUT2D eigenvalue weighted by Gasteiger charge is 2.34. The summed E-state index contributed by atoms with van der Waals surface area (Å²) >= 11 is 0. The topological polar surface area (TPSA) is 35.5 Å². The Labute approximate surface area is 92.8 Å². The van der Waals surface area contributed by atoms with Gasteiger partial charge in [-0.05, 0) is 57.8 Å². The first-order valence-electron chi connectivity index (χ1n) is 6.36. The summed E-state index contributed by atoms with van der Waals surface area (Å²) in [7, 11) is 0. The summed E-state index contributed by atoms with van der Waals surface area (Å²) in [5, 5.41) is 13.2. The van der Waals surface area contributed by atoms with Gasteiger partial charge in [0.15, 0.2) is 0 Å². The van der Waals surface area contributed by atoms with E-state index in [9.17, 15) is 5.11 Å². The lowest BCUT2D eigenvalue weighted by molar-refractivity contribution is 0.0803. The van der Waals surface area contributed by atoms with Gasteiger partial charge in [-0.2, -0.15) is 0 Å². The molecule has 15 heavy (non-hydrogen) atoms. The normalized spacial score (nSPS) is 26.8. The Kier molecular flexibility index (Phi) is 3.65. The highest BCUT2D eigenvalue weighted by Crippen LogP contribution is 2.30. The van der Waals surface area contributed by atoms with Crippen LogP contribution >= 0.6 is 0 Å². The smallest absolute Gasteiger partial charge is 0.0614 e. The van der Waals surface area contributed by atoms with Gasteiger partial charge >= 0.3 is 0 Å². The Balaban J connectivity index is 1.79. The van der Waals surface area contributed by atoms with Crippen molar-refractivity contribution >= 4 is 0 Å². The summed E-state index contributed by atoms with van der Waals surface area (Å²) in [4.78, 5) is 2.46. The van der Waals surface area contributed by atoms with Gasteiger partial charge in [0.25, 0.3) is 0 Å². The molecule has 3 nitrogen and oxygen atoms in total. The monoisotopic (exact) mass is 212 g/mol. The highest BCUT2D eigenvalue weighted by atomic mass is 16.3. The number of piperidine rings is 1. The second kappa shape index (κ2) is 4.81. The zero-order valence-electron chi connectivity index (χ0n) is 9.84. The Morgan fingerprint density at radius 3 is 2.47 bits per heavy atom. The van der Waals surface area contributed by atoms with Crippen molar-refractivity contribution in [3.8, 4) is 0 Å². The molecule has 0 aromatic heterocycles. The molecule has 0 aromatic carbocycles. The van der Waals surface area contributed by atoms with Crippen LogP contribution in [0.2, 0.25) is 0 Å². The van der Waals surface area contributed by atoms with Crippen molar-refractivity contribution in [3.05, 3.63) is 0 Å². The third-order valence-corrected chi connectivity index (χ3v) is 4.03. The average molecular weight is 212 g/mol. The fraction of sp³-hybridized carbons (Fsp3) is 1.00. The van der Waals surface area contributed by atoms with Crippen molar-refractivity contribution < 1.29 is 5.11 Å². The molecule has 0 spiro atoms. The number of nitrogens with zero attached hydrogens (tertiary/aromatic N) is 1. The SMILES string of the molecule is CCN1CCC(CO)(NCC2CC2)CC1. The van der Waals surface area contributed by atoms with Gasteiger partial charge < -0.3 is 15.3 Å². The van der Waals surface area contributed by atoms with E-state index in [1.807, 2.05) is 0 Å². The minimum absolute atomic E-state index is 0.0360. The molecular formula is C12H24N2O. The predicted octanol–water partition coefficient (Wildman–Crippen LogP) is 0.833. The Morgan fingerprint density at radius 2 is 2.00 bits per heavy atom. The van der Waals surface area contributed by atoms with E-state index in [4.69, 9.17) is 0 Å². The number of nitrogens with one attached hydrogen (secondary N) is 1. The van der Waals surface area contributed by atoms with Crippen LogP contribution in [0.4, 0.5) is 0 Å². The van der Waals surface area contributed by atoms with Gasteiger partial charge in [-0.3, -0.25) is 0 Å². The molecule has 2 fully saturated rings. The molecule has 2 aliphatic rings. The Bertz CT molecular complexity index is 196. The van der Waals surface area contributed by atoms with Crippen LogP contribution < -0.4 is 5.32 Å². The molecule has 2 N–H and O–H groups in total. The third kappa shape index (κ3) is 2.92. The molecule has 1 aliphatic heterocycles. The summed E-state index contributed by atoms with van der Waals surface area (Å²) in [6.07, 6.45) is 4.97. The Morgan fingerprint density at radius 1 is 1.33 bits per heavy atom. The lowest BCUT2D eigenvalue weighted by atomic mass is 9.88. The van der Waals surface area contributed by atoms with Crippen LogP contribution in [0, 0.1) is 5.92 Å². The van der Waals surface area contributed by atoms with Crippen molar-refractivity contribution in [2.75, 3.05) is 32.8 Å². The van der Waals surface area contributed by atoms with E-state index in [0.29, 0.717) is 6.61 Å². The minimum atomic E-state index is 0.0360. The van der Waals surface area contributed by atoms with Crippen molar-refractivity contribution in [1.29, 1.82) is 0 Å². The first-order valence-corrected chi connectivity index (χ1v) is 6.36. The zero-order chi connectivity index (χ0) is 10.7. The quantitative estimate of drug-likeness (QED) is 0.708. The summed E-state index contributed by atoms with van der Waals surface area (Å²) in [5.74, 6) is 0.901. The largest absolute Gasteiger partial charge is 0.394 e.